The zero-order valence-corrected chi connectivity index (χ0v) is 10.4. The second kappa shape index (κ2) is 6.00. The monoisotopic (exact) mass is 252 g/mol. The lowest BCUT2D eigenvalue weighted by atomic mass is 10.0. The van der Waals surface area contributed by atoms with Gasteiger partial charge in [0.05, 0.1) is 5.92 Å². The van der Waals surface area contributed by atoms with Gasteiger partial charge in [-0.1, -0.05) is 12.2 Å². The van der Waals surface area contributed by atoms with E-state index < -0.39 is 11.9 Å². The summed E-state index contributed by atoms with van der Waals surface area (Å²) in [5, 5.41) is 15.0. The Morgan fingerprint density at radius 3 is 2.83 bits per heavy atom. The van der Waals surface area contributed by atoms with Crippen LogP contribution in [0.2, 0.25) is 0 Å². The molecule has 5 nitrogen and oxygen atoms in total. The van der Waals surface area contributed by atoms with Crippen molar-refractivity contribution in [2.24, 2.45) is 11.8 Å². The molecule has 1 aliphatic carbocycles. The molecule has 5 heteroatoms. The number of rotatable bonds is 5. The Kier molecular flexibility index (Phi) is 4.36. The highest BCUT2D eigenvalue weighted by atomic mass is 16.4. The predicted molar refractivity (Wildman–Crippen MR) is 67.0 cm³/mol. The van der Waals surface area contributed by atoms with Gasteiger partial charge in [0.25, 0.3) is 0 Å². The molecule has 0 aromatic carbocycles. The van der Waals surface area contributed by atoms with Crippen LogP contribution in [0.3, 0.4) is 0 Å². The number of aliphatic carboxylic acids is 1. The average molecular weight is 252 g/mol. The van der Waals surface area contributed by atoms with Crippen LogP contribution in [0.15, 0.2) is 12.2 Å². The molecule has 0 radical (unpaired) electrons. The standard InChI is InChI=1S/C13H20N2O3/c16-12(4-1-9-5-6-14-8-9)15-11-3-2-10(7-11)13(17)18/h2-3,9-11,14H,1,4-8H2,(H,15,16)(H,17,18). The molecule has 100 valence electrons. The average Bonchev–Trinajstić information content (AvgIpc) is 2.96. The maximum Gasteiger partial charge on any atom is 0.310 e. The van der Waals surface area contributed by atoms with E-state index in [1.807, 2.05) is 0 Å². The van der Waals surface area contributed by atoms with Crippen molar-refractivity contribution in [1.29, 1.82) is 0 Å². The van der Waals surface area contributed by atoms with Gasteiger partial charge in [-0.2, -0.15) is 0 Å². The van der Waals surface area contributed by atoms with Crippen LogP contribution in [0.5, 0.6) is 0 Å². The fourth-order valence-electron chi connectivity index (χ4n) is 2.56. The van der Waals surface area contributed by atoms with Gasteiger partial charge in [0.15, 0.2) is 0 Å². The van der Waals surface area contributed by atoms with Gasteiger partial charge in [-0.15, -0.1) is 0 Å². The molecule has 3 N–H and O–H groups in total. The fourth-order valence-corrected chi connectivity index (χ4v) is 2.56. The topological polar surface area (TPSA) is 78.4 Å². The first-order chi connectivity index (χ1) is 8.65. The van der Waals surface area contributed by atoms with Crippen molar-refractivity contribution in [1.82, 2.24) is 10.6 Å². The van der Waals surface area contributed by atoms with E-state index in [9.17, 15) is 9.59 Å². The Hall–Kier alpha value is -1.36. The summed E-state index contributed by atoms with van der Waals surface area (Å²) in [5.41, 5.74) is 0. The molecule has 0 spiro atoms. The minimum atomic E-state index is -0.819. The minimum absolute atomic E-state index is 0.0302. The van der Waals surface area contributed by atoms with Crippen LogP contribution in [0.4, 0.5) is 0 Å². The number of carbonyl (C=O) groups is 2. The van der Waals surface area contributed by atoms with Crippen molar-refractivity contribution in [2.75, 3.05) is 13.1 Å². The number of carbonyl (C=O) groups excluding carboxylic acids is 1. The molecule has 0 bridgehead atoms. The molecule has 1 saturated heterocycles. The molecule has 1 fully saturated rings. The summed E-state index contributed by atoms with van der Waals surface area (Å²) in [6.07, 6.45) is 6.53. The molecule has 3 unspecified atom stereocenters. The Balaban J connectivity index is 1.65. The van der Waals surface area contributed by atoms with E-state index in [1.54, 1.807) is 12.2 Å². The van der Waals surface area contributed by atoms with Gasteiger partial charge >= 0.3 is 5.97 Å². The first-order valence-corrected chi connectivity index (χ1v) is 6.56. The molecule has 0 saturated carbocycles. The summed E-state index contributed by atoms with van der Waals surface area (Å²) in [6.45, 7) is 2.07. The van der Waals surface area contributed by atoms with Crippen LogP contribution in [0, 0.1) is 11.8 Å². The zero-order chi connectivity index (χ0) is 13.0. The number of amides is 1. The summed E-state index contributed by atoms with van der Waals surface area (Å²) >= 11 is 0. The molecule has 18 heavy (non-hydrogen) atoms. The highest BCUT2D eigenvalue weighted by molar-refractivity contribution is 5.77. The van der Waals surface area contributed by atoms with Gasteiger partial charge in [-0.3, -0.25) is 9.59 Å². The third-order valence-corrected chi connectivity index (χ3v) is 3.69. The number of carboxylic acid groups (broad SMARTS) is 1. The third-order valence-electron chi connectivity index (χ3n) is 3.69. The summed E-state index contributed by atoms with van der Waals surface area (Å²) in [4.78, 5) is 22.5. The minimum Gasteiger partial charge on any atom is -0.481 e. The molecular weight excluding hydrogens is 232 g/mol. The van der Waals surface area contributed by atoms with Crippen molar-refractivity contribution in [3.05, 3.63) is 12.2 Å². The van der Waals surface area contributed by atoms with E-state index >= 15 is 0 Å². The number of hydrogen-bond donors (Lipinski definition) is 3. The second-order valence-corrected chi connectivity index (χ2v) is 5.14. The highest BCUT2D eigenvalue weighted by Gasteiger charge is 2.25. The quantitative estimate of drug-likeness (QED) is 0.623. The van der Waals surface area contributed by atoms with E-state index in [-0.39, 0.29) is 11.9 Å². The lowest BCUT2D eigenvalue weighted by Crippen LogP contribution is -2.33. The molecule has 2 rings (SSSR count). The van der Waals surface area contributed by atoms with Gasteiger partial charge in [0.2, 0.25) is 5.91 Å². The lowest BCUT2D eigenvalue weighted by molar-refractivity contribution is -0.140. The predicted octanol–water partition coefficient (Wildman–Crippen LogP) is 0.522. The smallest absolute Gasteiger partial charge is 0.310 e. The third kappa shape index (κ3) is 3.57. The summed E-state index contributed by atoms with van der Waals surface area (Å²) < 4.78 is 0. The lowest BCUT2D eigenvalue weighted by Gasteiger charge is -2.13. The molecule has 2 aliphatic rings. The van der Waals surface area contributed by atoms with Crippen molar-refractivity contribution in [3.63, 3.8) is 0 Å². The van der Waals surface area contributed by atoms with E-state index in [0.717, 1.165) is 25.9 Å². The summed E-state index contributed by atoms with van der Waals surface area (Å²) in [6, 6.07) is -0.111. The Bertz CT molecular complexity index is 348. The molecule has 0 aromatic heterocycles. The number of nitrogens with one attached hydrogen (secondary N) is 2. The SMILES string of the molecule is O=C(CCC1CCNC1)NC1C=CC(C(=O)O)C1. The van der Waals surface area contributed by atoms with Crippen molar-refractivity contribution < 1.29 is 14.7 Å². The largest absolute Gasteiger partial charge is 0.481 e. The molecule has 1 heterocycles. The van der Waals surface area contributed by atoms with Gasteiger partial charge < -0.3 is 15.7 Å². The maximum absolute atomic E-state index is 11.7. The Labute approximate surface area is 107 Å². The van der Waals surface area contributed by atoms with Crippen LogP contribution in [0.1, 0.15) is 25.7 Å². The Morgan fingerprint density at radius 2 is 2.22 bits per heavy atom. The fraction of sp³-hybridized carbons (Fsp3) is 0.692. The molecular formula is C13H20N2O3. The number of hydrogen-bond acceptors (Lipinski definition) is 3. The van der Waals surface area contributed by atoms with Crippen LogP contribution in [-0.2, 0) is 9.59 Å². The summed E-state index contributed by atoms with van der Waals surface area (Å²) in [5.74, 6) is -0.626. The maximum atomic E-state index is 11.7. The van der Waals surface area contributed by atoms with E-state index in [2.05, 4.69) is 10.6 Å². The number of carboxylic acids is 1. The second-order valence-electron chi connectivity index (χ2n) is 5.14. The van der Waals surface area contributed by atoms with Crippen molar-refractivity contribution in [3.8, 4) is 0 Å². The molecule has 1 aliphatic heterocycles. The van der Waals surface area contributed by atoms with Crippen molar-refractivity contribution >= 4 is 11.9 Å². The first-order valence-electron chi connectivity index (χ1n) is 6.56. The van der Waals surface area contributed by atoms with Crippen LogP contribution < -0.4 is 10.6 Å². The van der Waals surface area contributed by atoms with Crippen molar-refractivity contribution in [2.45, 2.75) is 31.7 Å². The van der Waals surface area contributed by atoms with Crippen LogP contribution in [-0.4, -0.2) is 36.1 Å². The zero-order valence-electron chi connectivity index (χ0n) is 10.4. The van der Waals surface area contributed by atoms with Gasteiger partial charge in [-0.05, 0) is 38.3 Å². The van der Waals surface area contributed by atoms with Gasteiger partial charge in [0, 0.05) is 12.5 Å². The molecule has 0 aromatic rings. The van der Waals surface area contributed by atoms with Gasteiger partial charge in [-0.25, -0.2) is 0 Å². The molecule has 1 amide bonds. The highest BCUT2D eigenvalue weighted by Crippen LogP contribution is 2.19. The summed E-state index contributed by atoms with van der Waals surface area (Å²) in [7, 11) is 0. The normalized spacial score (nSPS) is 30.6. The molecule has 3 atom stereocenters. The first kappa shape index (κ1) is 13.1. The van der Waals surface area contributed by atoms with E-state index in [1.165, 1.54) is 0 Å². The van der Waals surface area contributed by atoms with Crippen LogP contribution in [0.25, 0.3) is 0 Å². The Morgan fingerprint density at radius 1 is 1.39 bits per heavy atom. The van der Waals surface area contributed by atoms with E-state index in [0.29, 0.717) is 18.8 Å². The van der Waals surface area contributed by atoms with Gasteiger partial charge in [0.1, 0.15) is 0 Å². The van der Waals surface area contributed by atoms with E-state index in [4.69, 9.17) is 5.11 Å². The van der Waals surface area contributed by atoms with Crippen LogP contribution >= 0.6 is 0 Å².